The summed E-state index contributed by atoms with van der Waals surface area (Å²) in [6.45, 7) is 19.8. The number of ether oxygens (including phenoxy) is 1. The fourth-order valence-corrected chi connectivity index (χ4v) is 11.5. The van der Waals surface area contributed by atoms with Crippen LogP contribution in [0.1, 0.15) is 119 Å². The van der Waals surface area contributed by atoms with Crippen molar-refractivity contribution >= 4 is 64.8 Å². The topological polar surface area (TPSA) is 206 Å². The van der Waals surface area contributed by atoms with Crippen LogP contribution in [-0.2, 0) is 35.5 Å². The van der Waals surface area contributed by atoms with Crippen molar-refractivity contribution in [3.8, 4) is 11.1 Å². The first-order valence-corrected chi connectivity index (χ1v) is 25.1. The summed E-state index contributed by atoms with van der Waals surface area (Å²) in [5.41, 5.74) is 3.57. The Morgan fingerprint density at radius 2 is 1.32 bits per heavy atom. The smallest absolute Gasteiger partial charge is 0.342 e. The number of thioether (sulfide) groups is 1. The Balaban J connectivity index is 1.37. The maximum atomic E-state index is 14.8. The normalized spacial score (nSPS) is 24.2. The van der Waals surface area contributed by atoms with Gasteiger partial charge in [0, 0.05) is 27.2 Å². The van der Waals surface area contributed by atoms with E-state index in [9.17, 15) is 34.2 Å². The first-order valence-electron chi connectivity index (χ1n) is 24.3. The van der Waals surface area contributed by atoms with Crippen LogP contribution in [0.2, 0.25) is 0 Å². The van der Waals surface area contributed by atoms with Crippen LogP contribution >= 0.6 is 11.8 Å². The third kappa shape index (κ3) is 12.3. The zero-order valence-corrected chi connectivity index (χ0v) is 42.4. The monoisotopic (exact) mass is 984 g/mol. The lowest BCUT2D eigenvalue weighted by molar-refractivity contribution is -0.354. The molecule has 2 aliphatic carbocycles. The van der Waals surface area contributed by atoms with Crippen LogP contribution in [0, 0.1) is 35.5 Å². The molecular formula is C56H64N4O10S. The molecule has 4 aromatic rings. The van der Waals surface area contributed by atoms with E-state index in [1.165, 1.54) is 12.1 Å². The fraction of sp³-hybridized carbons (Fsp3) is 0.393. The summed E-state index contributed by atoms with van der Waals surface area (Å²) in [7, 11) is 0. The Hall–Kier alpha value is -6.55. The second kappa shape index (κ2) is 22.7. The lowest BCUT2D eigenvalue weighted by Gasteiger charge is -2.37. The van der Waals surface area contributed by atoms with Gasteiger partial charge in [-0.2, -0.15) is 0 Å². The molecule has 3 aliphatic rings. The predicted octanol–water partition coefficient (Wildman–Crippen LogP) is 11.2. The van der Waals surface area contributed by atoms with Gasteiger partial charge in [0.25, 0.3) is 5.91 Å². The molecule has 0 bridgehead atoms. The number of H-pyrrole nitrogens is 1. The minimum atomic E-state index is -1.30. The number of carbonyl (C=O) groups is 5. The Bertz CT molecular complexity index is 2720. The summed E-state index contributed by atoms with van der Waals surface area (Å²) in [5.74, 6) is -2.32. The summed E-state index contributed by atoms with van der Waals surface area (Å²) in [6.07, 6.45) is 4.97. The average Bonchev–Trinajstić information content (AvgIpc) is 3.84. The summed E-state index contributed by atoms with van der Waals surface area (Å²) in [6, 6.07) is 22.5. The van der Waals surface area contributed by atoms with Gasteiger partial charge in [0.05, 0.1) is 33.9 Å². The van der Waals surface area contributed by atoms with Crippen molar-refractivity contribution in [2.24, 2.45) is 40.5 Å². The highest BCUT2D eigenvalue weighted by molar-refractivity contribution is 8.00. The third-order valence-corrected chi connectivity index (χ3v) is 14.7. The molecule has 7 rings (SSSR count). The van der Waals surface area contributed by atoms with Crippen molar-refractivity contribution in [1.29, 1.82) is 0 Å². The lowest BCUT2D eigenvalue weighted by Crippen LogP contribution is -2.40. The van der Waals surface area contributed by atoms with Gasteiger partial charge in [0.2, 0.25) is 5.91 Å². The number of aromatic carboxylic acids is 2. The SMILES string of the molecule is C=C(C)C(=O)NC1=NC(=Cc2[nH]c(NC(=O)C(C)Sc3cc(C(=O)O)cc(C(=O)O)c3)c(COOC3C(C)CC(C)CC3C)c2-c2ccccc2)C(c2ccccc2)=C1C(=O)OC1C(C)CC(C)CC1C. The number of rotatable bonds is 16. The van der Waals surface area contributed by atoms with Crippen LogP contribution in [0.3, 0.4) is 0 Å². The van der Waals surface area contributed by atoms with Gasteiger partial charge in [-0.05, 0) is 110 Å². The molecule has 3 aromatic carbocycles. The number of nitrogens with one attached hydrogen (secondary N) is 3. The fourth-order valence-electron chi connectivity index (χ4n) is 10.5. The van der Waals surface area contributed by atoms with Gasteiger partial charge in [0.15, 0.2) is 0 Å². The third-order valence-electron chi connectivity index (χ3n) is 13.6. The van der Waals surface area contributed by atoms with Crippen molar-refractivity contribution in [1.82, 2.24) is 10.3 Å². The maximum absolute atomic E-state index is 14.8. The van der Waals surface area contributed by atoms with Crippen molar-refractivity contribution in [3.63, 3.8) is 0 Å². The lowest BCUT2D eigenvalue weighted by atomic mass is 9.75. The number of carbonyl (C=O) groups excluding carboxylic acids is 3. The Morgan fingerprint density at radius 1 is 0.789 bits per heavy atom. The highest BCUT2D eigenvalue weighted by Crippen LogP contribution is 2.43. The molecule has 14 nitrogen and oxygen atoms in total. The number of aromatic nitrogens is 1. The molecule has 1 aromatic heterocycles. The van der Waals surface area contributed by atoms with Crippen molar-refractivity contribution in [3.05, 3.63) is 130 Å². The number of carboxylic acid groups (broad SMARTS) is 2. The van der Waals surface area contributed by atoms with Crippen LogP contribution in [-0.4, -0.2) is 68.2 Å². The number of carboxylic acids is 2. The number of esters is 1. The van der Waals surface area contributed by atoms with Crippen LogP contribution < -0.4 is 10.6 Å². The minimum absolute atomic E-state index is 0.00444. The number of hydrogen-bond donors (Lipinski definition) is 5. The van der Waals surface area contributed by atoms with Crippen LogP contribution in [0.4, 0.5) is 5.82 Å². The van der Waals surface area contributed by atoms with E-state index in [4.69, 9.17) is 19.5 Å². The maximum Gasteiger partial charge on any atom is 0.342 e. The summed E-state index contributed by atoms with van der Waals surface area (Å²) in [4.78, 5) is 87.5. The molecule has 15 heteroatoms. The van der Waals surface area contributed by atoms with Gasteiger partial charge in [-0.25, -0.2) is 29.2 Å². The minimum Gasteiger partial charge on any atom is -0.478 e. The summed E-state index contributed by atoms with van der Waals surface area (Å²) >= 11 is 1.00. The molecule has 2 amide bonds. The average molecular weight is 985 g/mol. The first kappa shape index (κ1) is 52.3. The van der Waals surface area contributed by atoms with E-state index in [1.54, 1.807) is 19.9 Å². The van der Waals surface area contributed by atoms with E-state index in [2.05, 4.69) is 63.7 Å². The highest BCUT2D eigenvalue weighted by atomic mass is 32.2. The molecule has 2 saturated carbocycles. The van der Waals surface area contributed by atoms with Gasteiger partial charge in [-0.15, -0.1) is 11.8 Å². The second-order valence-corrected chi connectivity index (χ2v) is 21.2. The molecule has 5 atom stereocenters. The number of amides is 2. The first-order chi connectivity index (χ1) is 33.8. The zero-order valence-electron chi connectivity index (χ0n) is 41.5. The second-order valence-electron chi connectivity index (χ2n) is 19.8. The molecule has 2 heterocycles. The molecule has 5 unspecified atom stereocenters. The van der Waals surface area contributed by atoms with Gasteiger partial charge < -0.3 is 30.6 Å². The Morgan fingerprint density at radius 3 is 1.86 bits per heavy atom. The van der Waals surface area contributed by atoms with Gasteiger partial charge in [0.1, 0.15) is 29.9 Å². The van der Waals surface area contributed by atoms with Crippen molar-refractivity contribution in [2.75, 3.05) is 5.32 Å². The Labute approximate surface area is 419 Å². The number of aromatic amines is 1. The van der Waals surface area contributed by atoms with Gasteiger partial charge >= 0.3 is 17.9 Å². The van der Waals surface area contributed by atoms with Gasteiger partial charge in [-0.3, -0.25) is 9.59 Å². The van der Waals surface area contributed by atoms with E-state index in [1.807, 2.05) is 60.7 Å². The quantitative estimate of drug-likeness (QED) is 0.0235. The number of amidine groups is 1. The number of anilines is 1. The molecule has 0 radical (unpaired) electrons. The van der Waals surface area contributed by atoms with Crippen LogP contribution in [0.15, 0.2) is 112 Å². The van der Waals surface area contributed by atoms with E-state index >= 15 is 0 Å². The Kier molecular flexibility index (Phi) is 16.7. The van der Waals surface area contributed by atoms with Crippen LogP contribution in [0.5, 0.6) is 0 Å². The summed E-state index contributed by atoms with van der Waals surface area (Å²) in [5, 5.41) is 24.5. The number of hydrogen-bond acceptors (Lipinski definition) is 10. The van der Waals surface area contributed by atoms with Gasteiger partial charge in [-0.1, -0.05) is 109 Å². The molecular weight excluding hydrogens is 921 g/mol. The van der Waals surface area contributed by atoms with E-state index in [-0.39, 0.29) is 81.3 Å². The van der Waals surface area contributed by atoms with E-state index in [0.717, 1.165) is 49.1 Å². The van der Waals surface area contributed by atoms with E-state index in [0.29, 0.717) is 45.5 Å². The highest BCUT2D eigenvalue weighted by Gasteiger charge is 2.39. The number of nitrogens with zero attached hydrogens (tertiary/aromatic N) is 1. The molecule has 0 spiro atoms. The summed E-state index contributed by atoms with van der Waals surface area (Å²) < 4.78 is 6.42. The zero-order chi connectivity index (χ0) is 51.3. The number of allylic oxidation sites excluding steroid dienone is 1. The number of aliphatic imine (C=N–C) groups is 1. The molecule has 374 valence electrons. The van der Waals surface area contributed by atoms with Crippen molar-refractivity contribution < 1.29 is 48.7 Å². The largest absolute Gasteiger partial charge is 0.478 e. The molecule has 5 N–H and O–H groups in total. The molecule has 71 heavy (non-hydrogen) atoms. The van der Waals surface area contributed by atoms with Crippen molar-refractivity contribution in [2.45, 2.75) is 110 Å². The molecule has 2 fully saturated rings. The standard InChI is InChI=1S/C56H64N4O10S/c1-29(2)52(61)60-51-47(56(67)69-48-32(5)20-30(3)21-33(48)6)46(38-18-14-11-15-19-38)44(58-51)27-43-45(37-16-12-10-13-17-37)42(28-68-70-49-34(7)22-31(4)23-35(49)8)50(57-43)59-53(62)36(9)71-41-25-39(54(63)64)24-40(26-41)55(65)66/h10-19,24-27,30-36,48-49,57H,1,20-23,28H2,2-9H3,(H,59,62)(H,63,64)(H,65,66)(H,58,60,61). The molecule has 1 aliphatic heterocycles. The number of benzene rings is 3. The predicted molar refractivity (Wildman–Crippen MR) is 275 cm³/mol. The van der Waals surface area contributed by atoms with Crippen LogP contribution in [0.25, 0.3) is 22.8 Å². The van der Waals surface area contributed by atoms with E-state index < -0.39 is 35.0 Å². The molecule has 0 saturated heterocycles.